The molecule has 0 bridgehead atoms. The van der Waals surface area contributed by atoms with Gasteiger partial charge in [-0.05, 0) is 25.7 Å². The second kappa shape index (κ2) is 3.50. The fourth-order valence-corrected chi connectivity index (χ4v) is 2.13. The largest absolute Gasteiger partial charge is 0.335 e. The smallest absolute Gasteiger partial charge is 0.240 e. The minimum absolute atomic E-state index is 0.134. The van der Waals surface area contributed by atoms with E-state index < -0.39 is 0 Å². The number of carbonyl (C=O) groups is 1. The summed E-state index contributed by atoms with van der Waals surface area (Å²) in [5, 5.41) is 0. The van der Waals surface area contributed by atoms with E-state index in [2.05, 4.69) is 12.2 Å². The maximum absolute atomic E-state index is 11.7. The predicted molar refractivity (Wildman–Crippen MR) is 51.1 cm³/mol. The van der Waals surface area contributed by atoms with E-state index in [1.807, 2.05) is 4.90 Å². The zero-order chi connectivity index (χ0) is 9.26. The Kier molecular flexibility index (Phi) is 2.36. The molecule has 72 valence electrons. The standard InChI is InChI=1S/C10H16N2O/c11-9-6-3-5-8-4-1-2-7-12(8)10(9)13/h3,5,8-9H,1-2,4,6-7,11H2/t8?,9-/m0/s1. The third kappa shape index (κ3) is 1.61. The first-order valence-corrected chi connectivity index (χ1v) is 5.02. The fraction of sp³-hybridized carbons (Fsp3) is 0.700. The summed E-state index contributed by atoms with van der Waals surface area (Å²) >= 11 is 0. The van der Waals surface area contributed by atoms with Crippen LogP contribution in [0.1, 0.15) is 25.7 Å². The molecule has 1 fully saturated rings. The molecule has 2 heterocycles. The molecule has 3 heteroatoms. The highest BCUT2D eigenvalue weighted by atomic mass is 16.2. The Hall–Kier alpha value is -0.830. The van der Waals surface area contributed by atoms with Crippen LogP contribution in [0.15, 0.2) is 12.2 Å². The van der Waals surface area contributed by atoms with Crippen molar-refractivity contribution < 1.29 is 4.79 Å². The minimum Gasteiger partial charge on any atom is -0.335 e. The molecule has 1 amide bonds. The van der Waals surface area contributed by atoms with Crippen molar-refractivity contribution in [3.8, 4) is 0 Å². The predicted octanol–water partition coefficient (Wildman–Crippen LogP) is 0.655. The van der Waals surface area contributed by atoms with Gasteiger partial charge in [0.1, 0.15) is 0 Å². The molecule has 0 radical (unpaired) electrons. The van der Waals surface area contributed by atoms with Crippen LogP contribution in [0.25, 0.3) is 0 Å². The van der Waals surface area contributed by atoms with Gasteiger partial charge in [0.25, 0.3) is 0 Å². The summed E-state index contributed by atoms with van der Waals surface area (Å²) in [6.07, 6.45) is 8.36. The highest BCUT2D eigenvalue weighted by molar-refractivity contribution is 5.82. The molecular weight excluding hydrogens is 164 g/mol. The lowest BCUT2D eigenvalue weighted by Gasteiger charge is -2.34. The van der Waals surface area contributed by atoms with Crippen molar-refractivity contribution in [1.29, 1.82) is 0 Å². The summed E-state index contributed by atoms with van der Waals surface area (Å²) in [6, 6.07) is 0.0224. The monoisotopic (exact) mass is 180 g/mol. The van der Waals surface area contributed by atoms with E-state index >= 15 is 0 Å². The Balaban J connectivity index is 2.17. The quantitative estimate of drug-likeness (QED) is 0.556. The van der Waals surface area contributed by atoms with Crippen molar-refractivity contribution in [3.63, 3.8) is 0 Å². The first-order valence-electron chi connectivity index (χ1n) is 5.02. The third-order valence-corrected chi connectivity index (χ3v) is 2.90. The SMILES string of the molecule is N[C@H]1CC=CC2CCCCN2C1=O. The maximum Gasteiger partial charge on any atom is 0.240 e. The molecule has 2 N–H and O–H groups in total. The molecule has 2 aliphatic heterocycles. The second-order valence-electron chi connectivity index (χ2n) is 3.87. The molecule has 0 aliphatic carbocycles. The van der Waals surface area contributed by atoms with Gasteiger partial charge in [-0.15, -0.1) is 0 Å². The van der Waals surface area contributed by atoms with Crippen LogP contribution in [0.4, 0.5) is 0 Å². The lowest BCUT2D eigenvalue weighted by Crippen LogP contribution is -2.48. The van der Waals surface area contributed by atoms with Crippen molar-refractivity contribution in [2.75, 3.05) is 6.54 Å². The van der Waals surface area contributed by atoms with Gasteiger partial charge in [0.2, 0.25) is 5.91 Å². The summed E-state index contributed by atoms with van der Waals surface area (Å²) < 4.78 is 0. The van der Waals surface area contributed by atoms with Crippen LogP contribution in [-0.2, 0) is 4.79 Å². The molecule has 13 heavy (non-hydrogen) atoms. The van der Waals surface area contributed by atoms with Crippen molar-refractivity contribution in [2.24, 2.45) is 5.73 Å². The summed E-state index contributed by atoms with van der Waals surface area (Å²) in [5.74, 6) is 0.134. The zero-order valence-electron chi connectivity index (χ0n) is 7.78. The van der Waals surface area contributed by atoms with Gasteiger partial charge in [0.05, 0.1) is 12.1 Å². The lowest BCUT2D eigenvalue weighted by atomic mass is 10.0. The Morgan fingerprint density at radius 1 is 1.46 bits per heavy atom. The van der Waals surface area contributed by atoms with E-state index in [1.165, 1.54) is 6.42 Å². The van der Waals surface area contributed by atoms with Crippen LogP contribution in [-0.4, -0.2) is 29.4 Å². The van der Waals surface area contributed by atoms with Crippen LogP contribution in [0, 0.1) is 0 Å². The summed E-state index contributed by atoms with van der Waals surface area (Å²) in [5.41, 5.74) is 5.74. The topological polar surface area (TPSA) is 46.3 Å². The first-order chi connectivity index (χ1) is 6.29. The van der Waals surface area contributed by atoms with E-state index in [9.17, 15) is 4.79 Å². The third-order valence-electron chi connectivity index (χ3n) is 2.90. The molecule has 0 spiro atoms. The summed E-state index contributed by atoms with van der Waals surface area (Å²) in [6.45, 7) is 0.890. The number of amides is 1. The average Bonchev–Trinajstić information content (AvgIpc) is 2.29. The number of nitrogens with two attached hydrogens (primary N) is 1. The van der Waals surface area contributed by atoms with Gasteiger partial charge < -0.3 is 10.6 Å². The second-order valence-corrected chi connectivity index (χ2v) is 3.87. The zero-order valence-corrected chi connectivity index (χ0v) is 7.78. The highest BCUT2D eigenvalue weighted by Crippen LogP contribution is 2.21. The molecule has 0 aromatic carbocycles. The fourth-order valence-electron chi connectivity index (χ4n) is 2.13. The van der Waals surface area contributed by atoms with E-state index in [4.69, 9.17) is 5.73 Å². The number of nitrogens with zero attached hydrogens (tertiary/aromatic N) is 1. The molecule has 0 aromatic heterocycles. The lowest BCUT2D eigenvalue weighted by molar-refractivity contribution is -0.134. The molecule has 0 aromatic rings. The van der Waals surface area contributed by atoms with Gasteiger partial charge in [-0.2, -0.15) is 0 Å². The van der Waals surface area contributed by atoms with Gasteiger partial charge in [0, 0.05) is 6.54 Å². The molecular formula is C10H16N2O. The number of rotatable bonds is 0. The van der Waals surface area contributed by atoms with Crippen molar-refractivity contribution in [1.82, 2.24) is 4.90 Å². The summed E-state index contributed by atoms with van der Waals surface area (Å²) in [7, 11) is 0. The van der Waals surface area contributed by atoms with Crippen molar-refractivity contribution in [2.45, 2.75) is 37.8 Å². The first kappa shape index (κ1) is 8.75. The van der Waals surface area contributed by atoms with Gasteiger partial charge in [-0.3, -0.25) is 4.79 Å². The maximum atomic E-state index is 11.7. The molecule has 2 rings (SSSR count). The molecule has 3 nitrogen and oxygen atoms in total. The van der Waals surface area contributed by atoms with Crippen LogP contribution in [0.3, 0.4) is 0 Å². The van der Waals surface area contributed by atoms with E-state index in [1.54, 1.807) is 0 Å². The Morgan fingerprint density at radius 2 is 2.31 bits per heavy atom. The van der Waals surface area contributed by atoms with Gasteiger partial charge in [-0.1, -0.05) is 12.2 Å². The molecule has 0 saturated carbocycles. The van der Waals surface area contributed by atoms with Gasteiger partial charge in [0.15, 0.2) is 0 Å². The Bertz CT molecular complexity index is 237. The Morgan fingerprint density at radius 3 is 3.15 bits per heavy atom. The van der Waals surface area contributed by atoms with Crippen molar-refractivity contribution >= 4 is 5.91 Å². The number of carbonyl (C=O) groups excluding carboxylic acids is 1. The van der Waals surface area contributed by atoms with Crippen LogP contribution in [0.5, 0.6) is 0 Å². The van der Waals surface area contributed by atoms with Crippen LogP contribution >= 0.6 is 0 Å². The molecule has 2 atom stereocenters. The molecule has 1 saturated heterocycles. The Labute approximate surface area is 78.6 Å². The van der Waals surface area contributed by atoms with E-state index in [0.717, 1.165) is 19.4 Å². The van der Waals surface area contributed by atoms with E-state index in [0.29, 0.717) is 12.5 Å². The number of hydrogen-bond donors (Lipinski definition) is 1. The average molecular weight is 180 g/mol. The molecule has 2 aliphatic rings. The number of piperidine rings is 1. The highest BCUT2D eigenvalue weighted by Gasteiger charge is 2.29. The van der Waals surface area contributed by atoms with E-state index in [-0.39, 0.29) is 11.9 Å². The minimum atomic E-state index is -0.306. The number of hydrogen-bond acceptors (Lipinski definition) is 2. The molecule has 1 unspecified atom stereocenters. The summed E-state index contributed by atoms with van der Waals surface area (Å²) in [4.78, 5) is 13.7. The normalized spacial score (nSPS) is 34.2. The van der Waals surface area contributed by atoms with Crippen molar-refractivity contribution in [3.05, 3.63) is 12.2 Å². The van der Waals surface area contributed by atoms with Crippen LogP contribution < -0.4 is 5.73 Å². The van der Waals surface area contributed by atoms with Gasteiger partial charge in [-0.25, -0.2) is 0 Å². The number of fused-ring (bicyclic) bond motifs is 1. The van der Waals surface area contributed by atoms with Gasteiger partial charge >= 0.3 is 0 Å². The van der Waals surface area contributed by atoms with Crippen LogP contribution in [0.2, 0.25) is 0 Å².